The van der Waals surface area contributed by atoms with Crippen LogP contribution in [0.1, 0.15) is 44.0 Å². The molecule has 0 unspecified atom stereocenters. The molecular formula is C21H30N4O. The summed E-state index contributed by atoms with van der Waals surface area (Å²) in [6.45, 7) is 9.30. The lowest BCUT2D eigenvalue weighted by Crippen LogP contribution is -2.21. The number of hydrogen-bond donors (Lipinski definition) is 1. The number of nitrogens with one attached hydrogen (secondary N) is 1. The summed E-state index contributed by atoms with van der Waals surface area (Å²) in [4.78, 5) is 21.3. The molecule has 140 valence electrons. The molecule has 26 heavy (non-hydrogen) atoms. The molecule has 1 heterocycles. The average Bonchev–Trinajstić information content (AvgIpc) is 2.68. The molecule has 5 nitrogen and oxygen atoms in total. The third kappa shape index (κ3) is 5.22. The number of amides is 1. The zero-order valence-corrected chi connectivity index (χ0v) is 16.3. The van der Waals surface area contributed by atoms with Gasteiger partial charge in [-0.05, 0) is 56.7 Å². The summed E-state index contributed by atoms with van der Waals surface area (Å²) in [5, 5.41) is 2.97. The summed E-state index contributed by atoms with van der Waals surface area (Å²) in [5.74, 6) is 0.705. The summed E-state index contributed by atoms with van der Waals surface area (Å²) in [5.41, 5.74) is 2.58. The molecule has 0 spiro atoms. The van der Waals surface area contributed by atoms with Crippen LogP contribution in [0, 0.1) is 0 Å². The fourth-order valence-corrected chi connectivity index (χ4v) is 2.83. The van der Waals surface area contributed by atoms with Crippen molar-refractivity contribution in [2.75, 3.05) is 41.8 Å². The molecular weight excluding hydrogens is 324 g/mol. The van der Waals surface area contributed by atoms with Crippen molar-refractivity contribution < 1.29 is 4.79 Å². The largest absolute Gasteiger partial charge is 0.372 e. The number of anilines is 3. The number of aromatic nitrogens is 1. The third-order valence-electron chi connectivity index (χ3n) is 4.50. The predicted molar refractivity (Wildman–Crippen MR) is 110 cm³/mol. The molecule has 2 rings (SSSR count). The van der Waals surface area contributed by atoms with E-state index in [4.69, 9.17) is 0 Å². The molecule has 1 amide bonds. The molecule has 0 fully saturated rings. The molecule has 0 saturated heterocycles. The van der Waals surface area contributed by atoms with Gasteiger partial charge < -0.3 is 15.1 Å². The van der Waals surface area contributed by atoms with Crippen LogP contribution in [0.2, 0.25) is 0 Å². The lowest BCUT2D eigenvalue weighted by molar-refractivity contribution is 0.102. The zero-order valence-electron chi connectivity index (χ0n) is 16.3. The Morgan fingerprint density at radius 3 is 2.38 bits per heavy atom. The summed E-state index contributed by atoms with van der Waals surface area (Å²) < 4.78 is 0. The first kappa shape index (κ1) is 19.8. The summed E-state index contributed by atoms with van der Waals surface area (Å²) in [6, 6.07) is 11.6. The number of unbranched alkanes of at least 4 members (excludes halogenated alkanes) is 1. The highest BCUT2D eigenvalue weighted by molar-refractivity contribution is 6.04. The molecule has 0 atom stereocenters. The van der Waals surface area contributed by atoms with Crippen LogP contribution < -0.4 is 15.1 Å². The standard InChI is InChI=1S/C21H30N4O/c1-5-8-15-24(4)20-16-17(13-14-22-20)21(26)23-18-9-11-19(12-10-18)25(6-2)7-3/h9-14,16H,5-8,15H2,1-4H3,(H,23,26). The van der Waals surface area contributed by atoms with Gasteiger partial charge in [0.1, 0.15) is 5.82 Å². The Labute approximate surface area is 157 Å². The monoisotopic (exact) mass is 354 g/mol. The van der Waals surface area contributed by atoms with Crippen molar-refractivity contribution in [3.8, 4) is 0 Å². The van der Waals surface area contributed by atoms with Crippen molar-refractivity contribution in [1.29, 1.82) is 0 Å². The van der Waals surface area contributed by atoms with Crippen molar-refractivity contribution in [2.45, 2.75) is 33.6 Å². The highest BCUT2D eigenvalue weighted by Crippen LogP contribution is 2.19. The Morgan fingerprint density at radius 2 is 1.77 bits per heavy atom. The van der Waals surface area contributed by atoms with Crippen molar-refractivity contribution in [2.24, 2.45) is 0 Å². The minimum atomic E-state index is -0.117. The number of benzene rings is 1. The topological polar surface area (TPSA) is 48.5 Å². The highest BCUT2D eigenvalue weighted by atomic mass is 16.1. The fourth-order valence-electron chi connectivity index (χ4n) is 2.83. The van der Waals surface area contributed by atoms with Crippen molar-refractivity contribution in [3.05, 3.63) is 48.2 Å². The van der Waals surface area contributed by atoms with Crippen molar-refractivity contribution in [1.82, 2.24) is 4.98 Å². The van der Waals surface area contributed by atoms with E-state index in [9.17, 15) is 4.79 Å². The molecule has 1 aromatic heterocycles. The van der Waals surface area contributed by atoms with E-state index in [0.29, 0.717) is 5.56 Å². The van der Waals surface area contributed by atoms with Crippen molar-refractivity contribution in [3.63, 3.8) is 0 Å². The van der Waals surface area contributed by atoms with Gasteiger partial charge in [-0.2, -0.15) is 0 Å². The summed E-state index contributed by atoms with van der Waals surface area (Å²) in [6.07, 6.45) is 3.93. The average molecular weight is 354 g/mol. The van der Waals surface area contributed by atoms with Gasteiger partial charge in [-0.15, -0.1) is 0 Å². The molecule has 5 heteroatoms. The number of hydrogen-bond acceptors (Lipinski definition) is 4. The maximum atomic E-state index is 12.6. The molecule has 1 aromatic carbocycles. The first-order valence-electron chi connectivity index (χ1n) is 9.42. The maximum Gasteiger partial charge on any atom is 0.255 e. The van der Waals surface area contributed by atoms with E-state index in [1.165, 1.54) is 0 Å². The van der Waals surface area contributed by atoms with E-state index in [2.05, 4.69) is 40.9 Å². The molecule has 0 saturated carbocycles. The second-order valence-corrected chi connectivity index (χ2v) is 6.35. The number of pyridine rings is 1. The quantitative estimate of drug-likeness (QED) is 0.724. The van der Waals surface area contributed by atoms with Gasteiger partial charge in [-0.25, -0.2) is 4.98 Å². The van der Waals surface area contributed by atoms with Crippen LogP contribution in [-0.2, 0) is 0 Å². The Balaban J connectivity index is 2.05. The maximum absolute atomic E-state index is 12.6. The van der Waals surface area contributed by atoms with Gasteiger partial charge in [-0.3, -0.25) is 4.79 Å². The highest BCUT2D eigenvalue weighted by Gasteiger charge is 2.10. The lowest BCUT2D eigenvalue weighted by Gasteiger charge is -2.21. The summed E-state index contributed by atoms with van der Waals surface area (Å²) in [7, 11) is 2.01. The Kier molecular flexibility index (Phi) is 7.45. The van der Waals surface area contributed by atoms with Crippen LogP contribution in [-0.4, -0.2) is 37.6 Å². The van der Waals surface area contributed by atoms with Crippen LogP contribution in [0.25, 0.3) is 0 Å². The van der Waals surface area contributed by atoms with Gasteiger partial charge >= 0.3 is 0 Å². The fraction of sp³-hybridized carbons (Fsp3) is 0.429. The first-order chi connectivity index (χ1) is 12.6. The van der Waals surface area contributed by atoms with Crippen LogP contribution in [0.3, 0.4) is 0 Å². The van der Waals surface area contributed by atoms with Crippen molar-refractivity contribution >= 4 is 23.1 Å². The zero-order chi connectivity index (χ0) is 18.9. The van der Waals surface area contributed by atoms with E-state index in [0.717, 1.165) is 49.7 Å². The Morgan fingerprint density at radius 1 is 1.08 bits per heavy atom. The number of carbonyl (C=O) groups is 1. The molecule has 1 N–H and O–H groups in total. The second kappa shape index (κ2) is 9.80. The SMILES string of the molecule is CCCCN(C)c1cc(C(=O)Nc2ccc(N(CC)CC)cc2)ccn1. The number of nitrogens with zero attached hydrogens (tertiary/aromatic N) is 3. The minimum absolute atomic E-state index is 0.117. The molecule has 0 aliphatic carbocycles. The van der Waals surface area contributed by atoms with Gasteiger partial charge in [-0.1, -0.05) is 13.3 Å². The second-order valence-electron chi connectivity index (χ2n) is 6.35. The van der Waals surface area contributed by atoms with Gasteiger partial charge in [0.15, 0.2) is 0 Å². The third-order valence-corrected chi connectivity index (χ3v) is 4.50. The predicted octanol–water partition coefficient (Wildman–Crippen LogP) is 4.42. The summed E-state index contributed by atoms with van der Waals surface area (Å²) >= 11 is 0. The van der Waals surface area contributed by atoms with Gasteiger partial charge in [0, 0.05) is 49.8 Å². The van der Waals surface area contributed by atoms with Gasteiger partial charge in [0.25, 0.3) is 5.91 Å². The minimum Gasteiger partial charge on any atom is -0.372 e. The molecule has 0 bridgehead atoms. The van der Waals surface area contributed by atoms with Crippen LogP contribution in [0.4, 0.5) is 17.2 Å². The first-order valence-corrected chi connectivity index (χ1v) is 9.42. The Bertz CT molecular complexity index is 695. The van der Waals surface area contributed by atoms with E-state index in [-0.39, 0.29) is 5.91 Å². The number of rotatable bonds is 9. The lowest BCUT2D eigenvalue weighted by atomic mass is 10.2. The van der Waals surface area contributed by atoms with E-state index < -0.39 is 0 Å². The van der Waals surface area contributed by atoms with Gasteiger partial charge in [0.05, 0.1) is 0 Å². The normalized spacial score (nSPS) is 10.5. The van der Waals surface area contributed by atoms with E-state index in [1.54, 1.807) is 12.3 Å². The van der Waals surface area contributed by atoms with E-state index >= 15 is 0 Å². The molecule has 0 aliphatic rings. The smallest absolute Gasteiger partial charge is 0.255 e. The van der Waals surface area contributed by atoms with Crippen LogP contribution in [0.5, 0.6) is 0 Å². The molecule has 2 aromatic rings. The van der Waals surface area contributed by atoms with Gasteiger partial charge in [0.2, 0.25) is 0 Å². The Hall–Kier alpha value is -2.56. The molecule has 0 aliphatic heterocycles. The van der Waals surface area contributed by atoms with Crippen LogP contribution in [0.15, 0.2) is 42.6 Å². The number of carbonyl (C=O) groups excluding carboxylic acids is 1. The molecule has 0 radical (unpaired) electrons. The van der Waals surface area contributed by atoms with E-state index in [1.807, 2.05) is 37.4 Å². The van der Waals surface area contributed by atoms with Crippen LogP contribution >= 0.6 is 0 Å².